The van der Waals surface area contributed by atoms with Crippen LogP contribution in [0.4, 0.5) is 11.5 Å². The Labute approximate surface area is 246 Å². The van der Waals surface area contributed by atoms with Crippen LogP contribution in [0.25, 0.3) is 0 Å². The molecule has 212 valence electrons. The molecular formula is C30H37ClN6O2S. The molecule has 2 saturated heterocycles. The Bertz CT molecular complexity index is 1290. The van der Waals surface area contributed by atoms with Crippen molar-refractivity contribution in [2.24, 2.45) is 0 Å². The number of halogens is 1. The number of anilines is 2. The number of nitrogens with zero attached hydrogens (tertiary/aromatic N) is 5. The lowest BCUT2D eigenvalue weighted by Gasteiger charge is -2.37. The smallest absolute Gasteiger partial charge is 0.251 e. The second-order valence-corrected chi connectivity index (χ2v) is 11.5. The Morgan fingerprint density at radius 2 is 1.65 bits per heavy atom. The van der Waals surface area contributed by atoms with Crippen LogP contribution in [-0.2, 0) is 10.5 Å². The lowest BCUT2D eigenvalue weighted by atomic mass is 10.1. The number of amides is 1. The van der Waals surface area contributed by atoms with Gasteiger partial charge in [0.25, 0.3) is 5.91 Å². The van der Waals surface area contributed by atoms with Gasteiger partial charge in [0.15, 0.2) is 5.16 Å². The molecule has 1 aromatic heterocycles. The zero-order chi connectivity index (χ0) is 27.9. The zero-order valence-electron chi connectivity index (χ0n) is 23.2. The van der Waals surface area contributed by atoms with Crippen molar-refractivity contribution in [1.29, 1.82) is 0 Å². The molecule has 10 heteroatoms. The first-order valence-corrected chi connectivity index (χ1v) is 15.2. The molecule has 3 aromatic rings. The number of rotatable bonds is 9. The van der Waals surface area contributed by atoms with Crippen molar-refractivity contribution in [2.75, 3.05) is 75.4 Å². The Balaban J connectivity index is 1.14. The minimum atomic E-state index is -0.0378. The van der Waals surface area contributed by atoms with Crippen molar-refractivity contribution in [1.82, 2.24) is 20.2 Å². The van der Waals surface area contributed by atoms with Crippen LogP contribution in [0, 0.1) is 13.8 Å². The monoisotopic (exact) mass is 580 g/mol. The molecule has 0 aliphatic carbocycles. The average molecular weight is 581 g/mol. The van der Waals surface area contributed by atoms with E-state index in [0.717, 1.165) is 103 Å². The van der Waals surface area contributed by atoms with Gasteiger partial charge in [-0.2, -0.15) is 0 Å². The highest BCUT2D eigenvalue weighted by molar-refractivity contribution is 7.98. The highest BCUT2D eigenvalue weighted by Crippen LogP contribution is 2.30. The molecule has 40 heavy (non-hydrogen) atoms. The molecule has 2 fully saturated rings. The zero-order valence-corrected chi connectivity index (χ0v) is 24.8. The summed E-state index contributed by atoms with van der Waals surface area (Å²) in [6.45, 7) is 12.6. The fraction of sp³-hybridized carbons (Fsp3) is 0.433. The number of aryl methyl sites for hydroxylation is 1. The van der Waals surface area contributed by atoms with E-state index in [4.69, 9.17) is 26.3 Å². The number of piperazine rings is 1. The summed E-state index contributed by atoms with van der Waals surface area (Å²) in [6, 6.07) is 15.8. The van der Waals surface area contributed by atoms with E-state index in [1.54, 1.807) is 11.8 Å². The minimum Gasteiger partial charge on any atom is -0.379 e. The number of aromatic nitrogens is 2. The summed E-state index contributed by atoms with van der Waals surface area (Å²) >= 11 is 8.06. The van der Waals surface area contributed by atoms with Gasteiger partial charge in [-0.05, 0) is 43.7 Å². The third-order valence-electron chi connectivity index (χ3n) is 7.52. The number of carbonyl (C=O) groups excluding carboxylic acids is 1. The normalized spacial score (nSPS) is 16.3. The number of ether oxygens (including phenoxy) is 1. The molecule has 0 radical (unpaired) electrons. The summed E-state index contributed by atoms with van der Waals surface area (Å²) in [6.07, 6.45) is 0. The largest absolute Gasteiger partial charge is 0.379 e. The predicted molar refractivity (Wildman–Crippen MR) is 163 cm³/mol. The van der Waals surface area contributed by atoms with Gasteiger partial charge in [-0.1, -0.05) is 47.6 Å². The highest BCUT2D eigenvalue weighted by Gasteiger charge is 2.22. The number of nitrogens with one attached hydrogen (secondary N) is 1. The van der Waals surface area contributed by atoms with Crippen LogP contribution in [-0.4, -0.2) is 86.3 Å². The number of benzene rings is 2. The SMILES string of the molecule is Cc1nc(SCc2ccc(C(=O)NCCN3CCOCC3)cc2)nc(N2CCN(c3ccccc3Cl)CC2)c1C. The number of hydrogen-bond donors (Lipinski definition) is 1. The minimum absolute atomic E-state index is 0.0378. The summed E-state index contributed by atoms with van der Waals surface area (Å²) < 4.78 is 5.38. The molecular weight excluding hydrogens is 544 g/mol. The van der Waals surface area contributed by atoms with E-state index in [-0.39, 0.29) is 5.91 Å². The summed E-state index contributed by atoms with van der Waals surface area (Å²) in [5, 5.41) is 4.59. The standard InChI is InChI=1S/C30H37ClN6O2S/c1-22-23(2)33-30(34-28(22)37-15-13-36(14-16-37)27-6-4-3-5-26(27)31)40-21-24-7-9-25(10-8-24)29(38)32-11-12-35-17-19-39-20-18-35/h3-10H,11-21H2,1-2H3,(H,32,38). The van der Waals surface area contributed by atoms with E-state index in [0.29, 0.717) is 12.1 Å². The number of carbonyl (C=O) groups is 1. The second kappa shape index (κ2) is 13.7. The third-order valence-corrected chi connectivity index (χ3v) is 8.75. The van der Waals surface area contributed by atoms with Crippen LogP contribution >= 0.6 is 23.4 Å². The van der Waals surface area contributed by atoms with Gasteiger partial charge in [0.2, 0.25) is 0 Å². The van der Waals surface area contributed by atoms with E-state index < -0.39 is 0 Å². The predicted octanol–water partition coefficient (Wildman–Crippen LogP) is 4.43. The van der Waals surface area contributed by atoms with E-state index in [9.17, 15) is 4.79 Å². The Hall–Kier alpha value is -2.85. The van der Waals surface area contributed by atoms with Crippen LogP contribution in [0.2, 0.25) is 5.02 Å². The van der Waals surface area contributed by atoms with Crippen molar-refractivity contribution in [2.45, 2.75) is 24.8 Å². The quantitative estimate of drug-likeness (QED) is 0.294. The lowest BCUT2D eigenvalue weighted by molar-refractivity contribution is 0.0383. The highest BCUT2D eigenvalue weighted by atomic mass is 35.5. The molecule has 5 rings (SSSR count). The van der Waals surface area contributed by atoms with Crippen molar-refractivity contribution in [3.05, 3.63) is 75.9 Å². The Morgan fingerprint density at radius 1 is 0.950 bits per heavy atom. The number of hydrogen-bond acceptors (Lipinski definition) is 8. The molecule has 0 spiro atoms. The van der Waals surface area contributed by atoms with Gasteiger partial charge in [0.05, 0.1) is 23.9 Å². The molecule has 8 nitrogen and oxygen atoms in total. The summed E-state index contributed by atoms with van der Waals surface area (Å²) in [5.74, 6) is 1.71. The van der Waals surface area contributed by atoms with E-state index in [2.05, 4.69) is 39.9 Å². The number of morpholine rings is 1. The maximum Gasteiger partial charge on any atom is 0.251 e. The first-order valence-electron chi connectivity index (χ1n) is 13.9. The van der Waals surface area contributed by atoms with Crippen molar-refractivity contribution in [3.63, 3.8) is 0 Å². The molecule has 3 heterocycles. The van der Waals surface area contributed by atoms with Crippen LogP contribution in [0.1, 0.15) is 27.2 Å². The maximum atomic E-state index is 12.6. The van der Waals surface area contributed by atoms with Gasteiger partial charge in [-0.3, -0.25) is 9.69 Å². The van der Waals surface area contributed by atoms with Crippen LogP contribution in [0.3, 0.4) is 0 Å². The van der Waals surface area contributed by atoms with Crippen LogP contribution in [0.15, 0.2) is 53.7 Å². The van der Waals surface area contributed by atoms with Gasteiger partial charge in [-0.15, -0.1) is 0 Å². The molecule has 2 aromatic carbocycles. The lowest BCUT2D eigenvalue weighted by Crippen LogP contribution is -2.47. The molecule has 1 amide bonds. The molecule has 0 bridgehead atoms. The summed E-state index contributed by atoms with van der Waals surface area (Å²) in [7, 11) is 0. The van der Waals surface area contributed by atoms with Crippen LogP contribution in [0.5, 0.6) is 0 Å². The van der Waals surface area contributed by atoms with Gasteiger partial charge >= 0.3 is 0 Å². The van der Waals surface area contributed by atoms with Crippen LogP contribution < -0.4 is 15.1 Å². The van der Waals surface area contributed by atoms with Gasteiger partial charge < -0.3 is 19.9 Å². The fourth-order valence-electron chi connectivity index (χ4n) is 4.98. The second-order valence-electron chi connectivity index (χ2n) is 10.2. The average Bonchev–Trinajstić information content (AvgIpc) is 2.99. The first kappa shape index (κ1) is 28.7. The molecule has 1 N–H and O–H groups in total. The summed E-state index contributed by atoms with van der Waals surface area (Å²) in [5.41, 5.74) is 5.03. The molecule has 2 aliphatic rings. The van der Waals surface area contributed by atoms with Crippen molar-refractivity contribution in [3.8, 4) is 0 Å². The van der Waals surface area contributed by atoms with Crippen molar-refractivity contribution >= 4 is 40.8 Å². The summed E-state index contributed by atoms with van der Waals surface area (Å²) in [4.78, 5) is 29.3. The fourth-order valence-corrected chi connectivity index (χ4v) is 6.08. The van der Waals surface area contributed by atoms with E-state index >= 15 is 0 Å². The maximum absolute atomic E-state index is 12.6. The van der Waals surface area contributed by atoms with E-state index in [1.807, 2.05) is 42.5 Å². The number of thioether (sulfide) groups is 1. The molecule has 0 unspecified atom stereocenters. The van der Waals surface area contributed by atoms with Gasteiger partial charge in [0, 0.05) is 74.9 Å². The Kier molecular flexibility index (Phi) is 9.80. The van der Waals surface area contributed by atoms with Gasteiger partial charge in [0.1, 0.15) is 5.82 Å². The third kappa shape index (κ3) is 7.26. The molecule has 0 saturated carbocycles. The molecule has 2 aliphatic heterocycles. The van der Waals surface area contributed by atoms with Gasteiger partial charge in [-0.25, -0.2) is 9.97 Å². The topological polar surface area (TPSA) is 73.8 Å². The Morgan fingerprint density at radius 3 is 2.38 bits per heavy atom. The van der Waals surface area contributed by atoms with E-state index in [1.165, 1.54) is 0 Å². The van der Waals surface area contributed by atoms with Crippen molar-refractivity contribution < 1.29 is 9.53 Å². The first-order chi connectivity index (χ1) is 19.5. The number of para-hydroxylation sites is 1. The molecule has 0 atom stereocenters.